The van der Waals surface area contributed by atoms with E-state index in [2.05, 4.69) is 15.9 Å². The van der Waals surface area contributed by atoms with Gasteiger partial charge in [0.1, 0.15) is 11.3 Å². The van der Waals surface area contributed by atoms with Crippen molar-refractivity contribution in [1.29, 1.82) is 0 Å². The number of esters is 1. The van der Waals surface area contributed by atoms with Gasteiger partial charge in [-0.05, 0) is 25.1 Å². The Labute approximate surface area is 100 Å². The Morgan fingerprint density at radius 1 is 1.50 bits per heavy atom. The van der Waals surface area contributed by atoms with Crippen LogP contribution in [0, 0.1) is 0 Å². The zero-order valence-corrected chi connectivity index (χ0v) is 10.0. The highest BCUT2D eigenvalue weighted by atomic mass is 79.9. The van der Waals surface area contributed by atoms with Crippen molar-refractivity contribution in [1.82, 2.24) is 0 Å². The minimum absolute atomic E-state index is 0.0255. The first kappa shape index (κ1) is 12.5. The zero-order chi connectivity index (χ0) is 12.3. The molecule has 0 aliphatic heterocycles. The smallest absolute Gasteiger partial charge is 0.342 e. The molecule has 0 heterocycles. The number of carbonyl (C=O) groups is 2. The summed E-state index contributed by atoms with van der Waals surface area (Å²) in [6, 6.07) is 4.31. The third-order valence-corrected chi connectivity index (χ3v) is 2.36. The summed E-state index contributed by atoms with van der Waals surface area (Å²) in [4.78, 5) is 22.2. The normalized spacial score (nSPS) is 11.9. The van der Waals surface area contributed by atoms with Crippen LogP contribution in [0.2, 0.25) is 0 Å². The number of primary amides is 1. The summed E-state index contributed by atoms with van der Waals surface area (Å²) >= 11 is 3.15. The van der Waals surface area contributed by atoms with Crippen LogP contribution in [0.5, 0.6) is 5.75 Å². The van der Waals surface area contributed by atoms with Crippen LogP contribution in [0.3, 0.4) is 0 Å². The van der Waals surface area contributed by atoms with Gasteiger partial charge in [0.2, 0.25) is 0 Å². The fourth-order valence-electron chi connectivity index (χ4n) is 0.954. The van der Waals surface area contributed by atoms with Crippen molar-refractivity contribution in [2.75, 3.05) is 0 Å². The van der Waals surface area contributed by atoms with E-state index in [-0.39, 0.29) is 11.3 Å². The highest BCUT2D eigenvalue weighted by molar-refractivity contribution is 9.10. The molecular formula is C10H10BrNO4. The summed E-state index contributed by atoms with van der Waals surface area (Å²) in [7, 11) is 0. The first-order valence-electron chi connectivity index (χ1n) is 4.40. The van der Waals surface area contributed by atoms with Crippen molar-refractivity contribution in [3.63, 3.8) is 0 Å². The molecule has 0 bridgehead atoms. The Balaban J connectivity index is 2.88. The van der Waals surface area contributed by atoms with Crippen LogP contribution in [-0.2, 0) is 9.53 Å². The second-order valence-corrected chi connectivity index (χ2v) is 4.03. The molecule has 0 unspecified atom stereocenters. The average molecular weight is 288 g/mol. The summed E-state index contributed by atoms with van der Waals surface area (Å²) in [6.07, 6.45) is -1.04. The van der Waals surface area contributed by atoms with Crippen molar-refractivity contribution < 1.29 is 19.4 Å². The molecule has 0 aromatic heterocycles. The molecule has 0 saturated carbocycles. The number of aromatic hydroxyl groups is 1. The zero-order valence-electron chi connectivity index (χ0n) is 8.44. The average Bonchev–Trinajstić information content (AvgIpc) is 2.21. The molecule has 1 aromatic carbocycles. The van der Waals surface area contributed by atoms with Crippen LogP contribution >= 0.6 is 15.9 Å². The Hall–Kier alpha value is -1.56. The van der Waals surface area contributed by atoms with Crippen LogP contribution in [0.1, 0.15) is 17.3 Å². The summed E-state index contributed by atoms with van der Waals surface area (Å²) in [5, 5.41) is 9.42. The molecule has 16 heavy (non-hydrogen) atoms. The van der Waals surface area contributed by atoms with Crippen molar-refractivity contribution in [2.24, 2.45) is 5.73 Å². The molecule has 0 aliphatic rings. The highest BCUT2D eigenvalue weighted by Crippen LogP contribution is 2.22. The Bertz CT molecular complexity index is 433. The number of rotatable bonds is 3. The van der Waals surface area contributed by atoms with Gasteiger partial charge in [0, 0.05) is 4.47 Å². The number of hydrogen-bond donors (Lipinski definition) is 2. The summed E-state index contributed by atoms with van der Waals surface area (Å²) < 4.78 is 5.35. The maximum atomic E-state index is 11.5. The quantitative estimate of drug-likeness (QED) is 0.817. The lowest BCUT2D eigenvalue weighted by atomic mass is 10.2. The monoisotopic (exact) mass is 287 g/mol. The molecule has 0 aliphatic carbocycles. The maximum Gasteiger partial charge on any atom is 0.342 e. The van der Waals surface area contributed by atoms with Gasteiger partial charge in [0.05, 0.1) is 0 Å². The molecular weight excluding hydrogens is 278 g/mol. The first-order valence-corrected chi connectivity index (χ1v) is 5.20. The number of amides is 1. The molecule has 5 nitrogen and oxygen atoms in total. The molecule has 1 aromatic rings. The van der Waals surface area contributed by atoms with Crippen LogP contribution < -0.4 is 5.73 Å². The number of phenolic OH excluding ortho intramolecular Hbond substituents is 1. The van der Waals surface area contributed by atoms with Gasteiger partial charge in [-0.25, -0.2) is 4.79 Å². The van der Waals surface area contributed by atoms with E-state index in [9.17, 15) is 14.7 Å². The highest BCUT2D eigenvalue weighted by Gasteiger charge is 2.18. The second-order valence-electron chi connectivity index (χ2n) is 3.11. The Morgan fingerprint density at radius 2 is 2.12 bits per heavy atom. The SMILES string of the molecule is C[C@@H](OC(=O)c1cc(Br)ccc1O)C(N)=O. The number of carbonyl (C=O) groups excluding carboxylic acids is 2. The second kappa shape index (κ2) is 4.98. The van der Waals surface area contributed by atoms with Crippen LogP contribution in [0.25, 0.3) is 0 Å². The number of hydrogen-bond acceptors (Lipinski definition) is 4. The van der Waals surface area contributed by atoms with Crippen LogP contribution in [-0.4, -0.2) is 23.1 Å². The third-order valence-electron chi connectivity index (χ3n) is 1.86. The molecule has 0 fully saturated rings. The predicted molar refractivity (Wildman–Crippen MR) is 59.9 cm³/mol. The van der Waals surface area contributed by atoms with Crippen LogP contribution in [0.4, 0.5) is 0 Å². The largest absolute Gasteiger partial charge is 0.507 e. The minimum Gasteiger partial charge on any atom is -0.507 e. The predicted octanol–water partition coefficient (Wildman–Crippen LogP) is 1.19. The van der Waals surface area contributed by atoms with Crippen LogP contribution in [0.15, 0.2) is 22.7 Å². The van der Waals surface area contributed by atoms with Gasteiger partial charge in [0.25, 0.3) is 5.91 Å². The lowest BCUT2D eigenvalue weighted by Gasteiger charge is -2.10. The molecule has 0 radical (unpaired) electrons. The Kier molecular flexibility index (Phi) is 3.89. The minimum atomic E-state index is -1.04. The van der Waals surface area contributed by atoms with E-state index in [1.165, 1.54) is 19.1 Å². The van der Waals surface area contributed by atoms with Gasteiger partial charge in [-0.15, -0.1) is 0 Å². The van der Waals surface area contributed by atoms with E-state index in [4.69, 9.17) is 10.5 Å². The maximum absolute atomic E-state index is 11.5. The van der Waals surface area contributed by atoms with Gasteiger partial charge in [-0.1, -0.05) is 15.9 Å². The van der Waals surface area contributed by atoms with Gasteiger partial charge < -0.3 is 15.6 Å². The molecule has 86 valence electrons. The van der Waals surface area contributed by atoms with Crippen molar-refractivity contribution in [3.05, 3.63) is 28.2 Å². The van der Waals surface area contributed by atoms with E-state index in [0.717, 1.165) is 0 Å². The standard InChI is InChI=1S/C10H10BrNO4/c1-5(9(12)14)16-10(15)7-4-6(11)2-3-8(7)13/h2-5,13H,1H3,(H2,12,14)/t5-/m1/s1. The molecule has 0 spiro atoms. The summed E-state index contributed by atoms with van der Waals surface area (Å²) in [5.41, 5.74) is 4.92. The number of halogens is 1. The van der Waals surface area contributed by atoms with E-state index < -0.39 is 18.0 Å². The van der Waals surface area contributed by atoms with Gasteiger partial charge in [-0.3, -0.25) is 4.79 Å². The van der Waals surface area contributed by atoms with E-state index >= 15 is 0 Å². The van der Waals surface area contributed by atoms with E-state index in [1.807, 2.05) is 0 Å². The van der Waals surface area contributed by atoms with Gasteiger partial charge in [0.15, 0.2) is 6.10 Å². The molecule has 1 rings (SSSR count). The van der Waals surface area contributed by atoms with E-state index in [1.54, 1.807) is 6.07 Å². The molecule has 3 N–H and O–H groups in total. The fourth-order valence-corrected chi connectivity index (χ4v) is 1.31. The van der Waals surface area contributed by atoms with Crippen molar-refractivity contribution in [3.8, 4) is 5.75 Å². The molecule has 1 atom stereocenters. The summed E-state index contributed by atoms with van der Waals surface area (Å²) in [5.74, 6) is -1.77. The molecule has 0 saturated heterocycles. The van der Waals surface area contributed by atoms with Crippen molar-refractivity contribution in [2.45, 2.75) is 13.0 Å². The number of nitrogens with two attached hydrogens (primary N) is 1. The Morgan fingerprint density at radius 3 is 2.69 bits per heavy atom. The fraction of sp³-hybridized carbons (Fsp3) is 0.200. The topological polar surface area (TPSA) is 89.6 Å². The van der Waals surface area contributed by atoms with Gasteiger partial charge >= 0.3 is 5.97 Å². The number of ether oxygens (including phenoxy) is 1. The van der Waals surface area contributed by atoms with Gasteiger partial charge in [-0.2, -0.15) is 0 Å². The molecule has 6 heteroatoms. The lowest BCUT2D eigenvalue weighted by molar-refractivity contribution is -0.125. The van der Waals surface area contributed by atoms with Crippen molar-refractivity contribution >= 4 is 27.8 Å². The number of phenols is 1. The lowest BCUT2D eigenvalue weighted by Crippen LogP contribution is -2.30. The molecule has 1 amide bonds. The first-order chi connectivity index (χ1) is 7.41. The third kappa shape index (κ3) is 2.96. The summed E-state index contributed by atoms with van der Waals surface area (Å²) in [6.45, 7) is 1.36. The van der Waals surface area contributed by atoms with E-state index in [0.29, 0.717) is 4.47 Å². The number of benzene rings is 1.